The minimum absolute atomic E-state index is 0.602. The van der Waals surface area contributed by atoms with Gasteiger partial charge in [0.05, 0.1) is 0 Å². The van der Waals surface area contributed by atoms with Crippen molar-refractivity contribution in [2.24, 2.45) is 0 Å². The van der Waals surface area contributed by atoms with Crippen LogP contribution in [0.4, 0.5) is 0 Å². The fourth-order valence-electron chi connectivity index (χ4n) is 1.87. The highest BCUT2D eigenvalue weighted by Crippen LogP contribution is 2.37. The zero-order chi connectivity index (χ0) is 11.0. The van der Waals surface area contributed by atoms with Crippen LogP contribution in [0.3, 0.4) is 0 Å². The molecule has 1 aliphatic heterocycles. The molecule has 14 heavy (non-hydrogen) atoms. The molecule has 0 amide bonds. The van der Waals surface area contributed by atoms with E-state index < -0.39 is 0 Å². The van der Waals surface area contributed by atoms with E-state index in [1.54, 1.807) is 0 Å². The van der Waals surface area contributed by atoms with E-state index in [1.807, 2.05) is 13.8 Å². The summed E-state index contributed by atoms with van der Waals surface area (Å²) in [5.41, 5.74) is 0. The van der Waals surface area contributed by atoms with E-state index in [1.165, 1.54) is 38.1 Å². The summed E-state index contributed by atoms with van der Waals surface area (Å²) in [6, 6.07) is 0. The molecule has 0 radical (unpaired) electrons. The first-order valence-corrected chi connectivity index (χ1v) is 7.03. The van der Waals surface area contributed by atoms with Gasteiger partial charge in [0.1, 0.15) is 0 Å². The Morgan fingerprint density at radius 1 is 1.29 bits per heavy atom. The number of hydrogen-bond acceptors (Lipinski definition) is 2. The first kappa shape index (κ1) is 14.3. The highest BCUT2D eigenvalue weighted by atomic mass is 32.2. The Kier molecular flexibility index (Phi) is 7.75. The smallest absolute Gasteiger partial charge is 0.0296 e. The van der Waals surface area contributed by atoms with Gasteiger partial charge in [0, 0.05) is 11.3 Å². The summed E-state index contributed by atoms with van der Waals surface area (Å²) in [7, 11) is 2.24. The molecular weight excluding hydrogens is 190 g/mol. The van der Waals surface area contributed by atoms with Crippen molar-refractivity contribution >= 4 is 11.8 Å². The molecule has 0 N–H and O–H groups in total. The third-order valence-electron chi connectivity index (χ3n) is 2.76. The lowest BCUT2D eigenvalue weighted by Crippen LogP contribution is -2.28. The van der Waals surface area contributed by atoms with Crippen molar-refractivity contribution in [3.8, 4) is 0 Å². The summed E-state index contributed by atoms with van der Waals surface area (Å²) >= 11 is 2.19. The maximum Gasteiger partial charge on any atom is 0.0296 e. The second-order valence-electron chi connectivity index (χ2n) is 3.87. The summed E-state index contributed by atoms with van der Waals surface area (Å²) in [6.07, 6.45) is 4.04. The van der Waals surface area contributed by atoms with E-state index in [-0.39, 0.29) is 0 Å². The molecule has 2 heteroatoms. The highest BCUT2D eigenvalue weighted by molar-refractivity contribution is 8.00. The van der Waals surface area contributed by atoms with Gasteiger partial charge >= 0.3 is 0 Å². The maximum absolute atomic E-state index is 2.46. The molecule has 0 aromatic rings. The lowest BCUT2D eigenvalue weighted by atomic mass is 10.1. The van der Waals surface area contributed by atoms with Gasteiger partial charge in [-0.05, 0) is 38.6 Å². The number of likely N-dealkylation sites (tertiary alicyclic amines) is 1. The van der Waals surface area contributed by atoms with Gasteiger partial charge in [-0.15, -0.1) is 0 Å². The molecule has 0 aliphatic carbocycles. The molecule has 1 heterocycles. The molecule has 86 valence electrons. The minimum Gasteiger partial charge on any atom is -0.305 e. The zero-order valence-electron chi connectivity index (χ0n) is 10.6. The molecule has 1 nitrogen and oxygen atoms in total. The average molecular weight is 217 g/mol. The summed E-state index contributed by atoms with van der Waals surface area (Å²) < 4.78 is 0.602. The quantitative estimate of drug-likeness (QED) is 0.707. The number of thioether (sulfide) groups is 1. The molecule has 0 aromatic heterocycles. The number of rotatable bonds is 4. The Labute approximate surface area is 94.6 Å². The molecule has 1 fully saturated rings. The van der Waals surface area contributed by atoms with E-state index in [9.17, 15) is 0 Å². The van der Waals surface area contributed by atoms with Gasteiger partial charge in [-0.1, -0.05) is 27.7 Å². The molecule has 1 rings (SSSR count). The van der Waals surface area contributed by atoms with E-state index in [0.29, 0.717) is 4.75 Å². The molecule has 0 bridgehead atoms. The Morgan fingerprint density at radius 2 is 1.93 bits per heavy atom. The Bertz CT molecular complexity index is 138. The molecule has 1 saturated heterocycles. The van der Waals surface area contributed by atoms with Crippen LogP contribution in [0.1, 0.15) is 47.0 Å². The monoisotopic (exact) mass is 217 g/mol. The van der Waals surface area contributed by atoms with Crippen molar-refractivity contribution in [2.45, 2.75) is 51.7 Å². The third kappa shape index (κ3) is 4.22. The van der Waals surface area contributed by atoms with Crippen LogP contribution in [0.25, 0.3) is 0 Å². The van der Waals surface area contributed by atoms with Crippen molar-refractivity contribution < 1.29 is 0 Å². The van der Waals surface area contributed by atoms with Crippen molar-refractivity contribution in [1.82, 2.24) is 4.90 Å². The van der Waals surface area contributed by atoms with Gasteiger partial charge in [0.15, 0.2) is 0 Å². The standard InChI is InChI=1S/C10H21NS.C2H6/c1-4-8-12-10(5-2)6-7-11(3)9-10;1-2/h4-9H2,1-3H3;1-2H3. The van der Waals surface area contributed by atoms with E-state index in [0.717, 1.165) is 0 Å². The normalized spacial score (nSPS) is 27.2. The van der Waals surface area contributed by atoms with Gasteiger partial charge < -0.3 is 4.90 Å². The Balaban J connectivity index is 0.000000791. The minimum atomic E-state index is 0.602. The van der Waals surface area contributed by atoms with Crippen molar-refractivity contribution in [3.05, 3.63) is 0 Å². The number of nitrogens with zero attached hydrogens (tertiary/aromatic N) is 1. The first-order valence-electron chi connectivity index (χ1n) is 6.05. The van der Waals surface area contributed by atoms with Crippen LogP contribution in [0.2, 0.25) is 0 Å². The number of hydrogen-bond donors (Lipinski definition) is 0. The molecule has 0 spiro atoms. The second-order valence-corrected chi connectivity index (χ2v) is 5.44. The highest BCUT2D eigenvalue weighted by Gasteiger charge is 2.34. The second kappa shape index (κ2) is 7.58. The molecular formula is C12H27NS. The SMILES string of the molecule is CC.CCCSC1(CC)CCN(C)C1. The fraction of sp³-hybridized carbons (Fsp3) is 1.00. The van der Waals surface area contributed by atoms with E-state index in [2.05, 4.69) is 37.6 Å². The Hall–Kier alpha value is 0.310. The molecule has 1 unspecified atom stereocenters. The first-order chi connectivity index (χ1) is 6.72. The molecule has 0 aromatic carbocycles. The van der Waals surface area contributed by atoms with Crippen LogP contribution in [-0.2, 0) is 0 Å². The Morgan fingerprint density at radius 3 is 2.29 bits per heavy atom. The zero-order valence-corrected chi connectivity index (χ0v) is 11.4. The van der Waals surface area contributed by atoms with Gasteiger partial charge in [0.2, 0.25) is 0 Å². The summed E-state index contributed by atoms with van der Waals surface area (Å²) in [5.74, 6) is 1.34. The van der Waals surface area contributed by atoms with Crippen LogP contribution in [0.15, 0.2) is 0 Å². The van der Waals surface area contributed by atoms with Crippen LogP contribution in [0.5, 0.6) is 0 Å². The van der Waals surface area contributed by atoms with Gasteiger partial charge in [-0.25, -0.2) is 0 Å². The predicted molar refractivity (Wildman–Crippen MR) is 69.2 cm³/mol. The summed E-state index contributed by atoms with van der Waals surface area (Å²) in [6.45, 7) is 11.2. The van der Waals surface area contributed by atoms with Crippen LogP contribution in [0, 0.1) is 0 Å². The maximum atomic E-state index is 2.46. The molecule has 0 saturated carbocycles. The largest absolute Gasteiger partial charge is 0.305 e. The fourth-order valence-corrected chi connectivity index (χ4v) is 3.26. The lowest BCUT2D eigenvalue weighted by Gasteiger charge is -2.26. The van der Waals surface area contributed by atoms with Crippen molar-refractivity contribution in [3.63, 3.8) is 0 Å². The van der Waals surface area contributed by atoms with E-state index in [4.69, 9.17) is 0 Å². The molecule has 1 atom stereocenters. The summed E-state index contributed by atoms with van der Waals surface area (Å²) in [4.78, 5) is 2.46. The van der Waals surface area contributed by atoms with E-state index >= 15 is 0 Å². The van der Waals surface area contributed by atoms with Gasteiger partial charge in [-0.2, -0.15) is 11.8 Å². The molecule has 1 aliphatic rings. The van der Waals surface area contributed by atoms with Gasteiger partial charge in [0.25, 0.3) is 0 Å². The van der Waals surface area contributed by atoms with Crippen molar-refractivity contribution in [2.75, 3.05) is 25.9 Å². The van der Waals surface area contributed by atoms with Crippen LogP contribution >= 0.6 is 11.8 Å². The van der Waals surface area contributed by atoms with Crippen LogP contribution < -0.4 is 0 Å². The van der Waals surface area contributed by atoms with Gasteiger partial charge in [-0.3, -0.25) is 0 Å². The lowest BCUT2D eigenvalue weighted by molar-refractivity contribution is 0.402. The predicted octanol–water partition coefficient (Wildman–Crippen LogP) is 3.64. The average Bonchev–Trinajstić information content (AvgIpc) is 2.61. The topological polar surface area (TPSA) is 3.24 Å². The third-order valence-corrected chi connectivity index (χ3v) is 4.61. The summed E-state index contributed by atoms with van der Waals surface area (Å²) in [5, 5.41) is 0. The van der Waals surface area contributed by atoms with Crippen molar-refractivity contribution in [1.29, 1.82) is 0 Å². The van der Waals surface area contributed by atoms with Crippen LogP contribution in [-0.4, -0.2) is 35.5 Å².